The summed E-state index contributed by atoms with van der Waals surface area (Å²) in [5.41, 5.74) is 2.77. The van der Waals surface area contributed by atoms with E-state index < -0.39 is 17.7 Å². The maximum absolute atomic E-state index is 13.3. The SMILES string of the molecule is FC1CCN(CCc2ccc(C3CCC4(CC3)OOC3(OO4)C4CC5CC(C4)CC3C5)cc2)CC1. The molecule has 8 rings (SSSR count). The van der Waals surface area contributed by atoms with E-state index in [1.807, 2.05) is 0 Å². The van der Waals surface area contributed by atoms with Gasteiger partial charge in [0, 0.05) is 44.3 Å². The highest BCUT2D eigenvalue weighted by Gasteiger charge is 2.64. The normalized spacial score (nSPS) is 43.9. The summed E-state index contributed by atoms with van der Waals surface area (Å²) in [4.78, 5) is 27.0. The van der Waals surface area contributed by atoms with Crippen molar-refractivity contribution in [2.24, 2.45) is 23.7 Å². The quantitative estimate of drug-likeness (QED) is 0.484. The lowest BCUT2D eigenvalue weighted by Gasteiger charge is -2.60. The highest BCUT2D eigenvalue weighted by Crippen LogP contribution is 2.62. The van der Waals surface area contributed by atoms with Crippen LogP contribution < -0.4 is 0 Å². The zero-order valence-corrected chi connectivity index (χ0v) is 20.8. The largest absolute Gasteiger partial charge is 0.303 e. The molecule has 0 atom stereocenters. The molecular formula is C29H40FNO4. The molecule has 0 N–H and O–H groups in total. The van der Waals surface area contributed by atoms with Crippen molar-refractivity contribution >= 4 is 0 Å². The van der Waals surface area contributed by atoms with Crippen LogP contribution in [0.3, 0.4) is 0 Å². The monoisotopic (exact) mass is 485 g/mol. The van der Waals surface area contributed by atoms with Crippen LogP contribution in [0.5, 0.6) is 0 Å². The molecule has 5 saturated carbocycles. The average molecular weight is 486 g/mol. The molecule has 2 saturated heterocycles. The van der Waals surface area contributed by atoms with Crippen LogP contribution in [0.25, 0.3) is 0 Å². The van der Waals surface area contributed by atoms with Gasteiger partial charge in [0.15, 0.2) is 0 Å². The van der Waals surface area contributed by atoms with E-state index in [1.165, 1.54) is 43.2 Å². The minimum Gasteiger partial charge on any atom is -0.303 e. The molecule has 0 aromatic heterocycles. The van der Waals surface area contributed by atoms with E-state index in [9.17, 15) is 4.39 Å². The molecule has 5 nitrogen and oxygen atoms in total. The molecular weight excluding hydrogens is 445 g/mol. The number of hydrogen-bond donors (Lipinski definition) is 0. The first-order chi connectivity index (χ1) is 17.1. The number of hydrogen-bond acceptors (Lipinski definition) is 5. The number of nitrogens with zero attached hydrogens (tertiary/aromatic N) is 1. The van der Waals surface area contributed by atoms with Crippen LogP contribution in [0.2, 0.25) is 0 Å². The van der Waals surface area contributed by atoms with Crippen molar-refractivity contribution in [3.63, 3.8) is 0 Å². The summed E-state index contributed by atoms with van der Waals surface area (Å²) >= 11 is 0. The fourth-order valence-electron chi connectivity index (χ4n) is 8.35. The second kappa shape index (κ2) is 9.05. The van der Waals surface area contributed by atoms with Gasteiger partial charge < -0.3 is 4.90 Å². The summed E-state index contributed by atoms with van der Waals surface area (Å²) < 4.78 is 13.3. The van der Waals surface area contributed by atoms with E-state index in [1.54, 1.807) is 0 Å². The highest BCUT2D eigenvalue weighted by atomic mass is 19.1. The van der Waals surface area contributed by atoms with Crippen LogP contribution >= 0.6 is 0 Å². The van der Waals surface area contributed by atoms with Crippen molar-refractivity contribution in [3.05, 3.63) is 35.4 Å². The maximum atomic E-state index is 13.3. The minimum atomic E-state index is -0.747. The second-order valence-electron chi connectivity index (χ2n) is 12.6. The first-order valence-corrected chi connectivity index (χ1v) is 14.3. The fraction of sp³-hybridized carbons (Fsp3) is 0.793. The van der Waals surface area contributed by atoms with Gasteiger partial charge >= 0.3 is 0 Å². The Hall–Kier alpha value is -1.05. The van der Waals surface area contributed by atoms with Crippen molar-refractivity contribution in [3.8, 4) is 0 Å². The van der Waals surface area contributed by atoms with Gasteiger partial charge in [0.1, 0.15) is 6.17 Å². The average Bonchev–Trinajstić information content (AvgIpc) is 2.89. The molecule has 6 heteroatoms. The number of halogens is 1. The number of piperidine rings is 1. The Morgan fingerprint density at radius 1 is 0.771 bits per heavy atom. The third kappa shape index (κ3) is 4.27. The molecule has 2 heterocycles. The lowest BCUT2D eigenvalue weighted by molar-refractivity contribution is -0.680. The molecule has 7 aliphatic rings. The van der Waals surface area contributed by atoms with Crippen molar-refractivity contribution < 1.29 is 23.9 Å². The van der Waals surface area contributed by atoms with Gasteiger partial charge in [-0.05, 0) is 93.1 Å². The van der Waals surface area contributed by atoms with Gasteiger partial charge in [-0.1, -0.05) is 24.3 Å². The minimum absolute atomic E-state index is 0.418. The summed E-state index contributed by atoms with van der Waals surface area (Å²) in [7, 11) is 0. The smallest absolute Gasteiger partial charge is 0.239 e. The summed E-state index contributed by atoms with van der Waals surface area (Å²) in [5, 5.41) is 0. The Bertz CT molecular complexity index is 850. The van der Waals surface area contributed by atoms with E-state index in [0.29, 0.717) is 30.6 Å². The summed E-state index contributed by atoms with van der Waals surface area (Å²) in [6, 6.07) is 9.14. The first-order valence-electron chi connectivity index (χ1n) is 14.3. The Balaban J connectivity index is 0.913. The van der Waals surface area contributed by atoms with Gasteiger partial charge in [-0.25, -0.2) is 4.39 Å². The highest BCUT2D eigenvalue weighted by molar-refractivity contribution is 5.26. The molecule has 35 heavy (non-hydrogen) atoms. The standard InChI is InChI=1S/C29H40FNO4/c30-27-8-13-31(14-9-27)12-7-20-1-3-23(4-2-20)24-5-10-28(11-6-24)32-34-29(35-33-28)25-16-21-15-22(18-25)19-26(29)17-21/h1-4,21-22,24-27H,5-19H2. The summed E-state index contributed by atoms with van der Waals surface area (Å²) in [6.45, 7) is 2.81. The van der Waals surface area contributed by atoms with E-state index >= 15 is 0 Å². The molecule has 192 valence electrons. The number of alkyl halides is 1. The lowest BCUT2D eigenvalue weighted by atomic mass is 9.53. The van der Waals surface area contributed by atoms with Crippen LogP contribution in [0.1, 0.15) is 87.7 Å². The molecule has 1 aromatic carbocycles. The van der Waals surface area contributed by atoms with Crippen molar-refractivity contribution in [2.45, 2.75) is 101 Å². The van der Waals surface area contributed by atoms with Crippen molar-refractivity contribution in [1.29, 1.82) is 0 Å². The maximum Gasteiger partial charge on any atom is 0.239 e. The molecule has 5 aliphatic carbocycles. The van der Waals surface area contributed by atoms with Gasteiger partial charge in [0.05, 0.1) is 0 Å². The third-order valence-corrected chi connectivity index (χ3v) is 10.4. The second-order valence-corrected chi connectivity index (χ2v) is 12.6. The van der Waals surface area contributed by atoms with Gasteiger partial charge in [-0.15, -0.1) is 0 Å². The summed E-state index contributed by atoms with van der Waals surface area (Å²) in [6.07, 6.45) is 11.6. The van der Waals surface area contributed by atoms with E-state index in [-0.39, 0.29) is 0 Å². The predicted molar refractivity (Wildman–Crippen MR) is 129 cm³/mol. The zero-order chi connectivity index (χ0) is 23.5. The van der Waals surface area contributed by atoms with Crippen LogP contribution in [0.15, 0.2) is 24.3 Å². The molecule has 2 spiro atoms. The van der Waals surface area contributed by atoms with Gasteiger partial charge in [0.25, 0.3) is 0 Å². The first kappa shape index (κ1) is 23.1. The lowest BCUT2D eigenvalue weighted by Crippen LogP contribution is -2.64. The molecule has 0 unspecified atom stereocenters. The van der Waals surface area contributed by atoms with Crippen LogP contribution in [-0.4, -0.2) is 42.3 Å². The Kier molecular flexibility index (Phi) is 5.97. The molecule has 1 aromatic rings. The van der Waals surface area contributed by atoms with Gasteiger partial charge in [-0.3, -0.25) is 0 Å². The van der Waals surface area contributed by atoms with Crippen LogP contribution in [-0.2, 0) is 26.0 Å². The Morgan fingerprint density at radius 2 is 1.37 bits per heavy atom. The van der Waals surface area contributed by atoms with Crippen molar-refractivity contribution in [1.82, 2.24) is 4.90 Å². The van der Waals surface area contributed by atoms with E-state index in [4.69, 9.17) is 19.6 Å². The Labute approximate surface area is 208 Å². The molecule has 2 aliphatic heterocycles. The molecule has 0 radical (unpaired) electrons. The number of benzene rings is 1. The van der Waals surface area contributed by atoms with E-state index in [2.05, 4.69) is 29.2 Å². The van der Waals surface area contributed by atoms with Crippen LogP contribution in [0, 0.1) is 23.7 Å². The molecule has 7 fully saturated rings. The number of likely N-dealkylation sites (tertiary alicyclic amines) is 1. The topological polar surface area (TPSA) is 40.2 Å². The summed E-state index contributed by atoms with van der Waals surface area (Å²) in [5.74, 6) is 1.64. The Morgan fingerprint density at radius 3 is 1.97 bits per heavy atom. The molecule has 0 amide bonds. The van der Waals surface area contributed by atoms with Crippen LogP contribution in [0.4, 0.5) is 4.39 Å². The molecule has 4 bridgehead atoms. The van der Waals surface area contributed by atoms with E-state index in [0.717, 1.165) is 63.6 Å². The van der Waals surface area contributed by atoms with Gasteiger partial charge in [-0.2, -0.15) is 19.6 Å². The third-order valence-electron chi connectivity index (χ3n) is 10.4. The van der Waals surface area contributed by atoms with Crippen molar-refractivity contribution in [2.75, 3.05) is 19.6 Å². The fourth-order valence-corrected chi connectivity index (χ4v) is 8.35. The number of rotatable bonds is 4. The zero-order valence-electron chi connectivity index (χ0n) is 20.8. The predicted octanol–water partition coefficient (Wildman–Crippen LogP) is 6.08. The van der Waals surface area contributed by atoms with Gasteiger partial charge in [0.2, 0.25) is 11.6 Å².